The fraction of sp³-hybridized carbons (Fsp3) is 0.700. The average molecular weight is 1180 g/mol. The molecule has 0 bridgehead atoms. The van der Waals surface area contributed by atoms with Crippen LogP contribution in [0, 0.1) is 0 Å². The van der Waals surface area contributed by atoms with Crippen LogP contribution >= 0.6 is 0 Å². The van der Waals surface area contributed by atoms with Crippen LogP contribution in [0.2, 0.25) is 0 Å². The van der Waals surface area contributed by atoms with Gasteiger partial charge >= 0.3 is 0 Å². The minimum Gasteiger partial charge on any atom is -0.394 e. The number of amides is 1. The van der Waals surface area contributed by atoms with Crippen molar-refractivity contribution in [2.45, 2.75) is 293 Å². The Balaban J connectivity index is 1.65. The Morgan fingerprint density at radius 1 is 0.440 bits per heavy atom. The lowest BCUT2D eigenvalue weighted by atomic mass is 9.97. The smallest absolute Gasteiger partial charge is 0.220 e. The molecule has 12 atom stereocenters. The van der Waals surface area contributed by atoms with Crippen molar-refractivity contribution >= 4 is 5.91 Å². The minimum absolute atomic E-state index is 0.227. The van der Waals surface area contributed by atoms with E-state index in [4.69, 9.17) is 18.9 Å². The first-order valence-corrected chi connectivity index (χ1v) is 32.8. The SMILES string of the molecule is CC/C=C\C/C=C\C/C=C\C/C=C\C/C=C\C/C=C\C/C=C\C/C=C\C/C=C\C/C=C\CCCCCCCCC(=O)NC(COC1OC(CO)C(OC2OC(CO)C(O)C(O)C2O)C(O)C1O)C(O)CCCCCCCCCCCCCCC. The van der Waals surface area contributed by atoms with Gasteiger partial charge < -0.3 is 65.1 Å². The van der Waals surface area contributed by atoms with Gasteiger partial charge in [-0.05, 0) is 89.9 Å². The number of carbonyl (C=O) groups is 1. The van der Waals surface area contributed by atoms with Crippen LogP contribution in [0.3, 0.4) is 0 Å². The van der Waals surface area contributed by atoms with E-state index in [1.165, 1.54) is 57.8 Å². The molecule has 9 N–H and O–H groups in total. The average Bonchev–Trinajstić information content (AvgIpc) is 2.58. The molecule has 2 aliphatic heterocycles. The predicted octanol–water partition coefficient (Wildman–Crippen LogP) is 12.6. The van der Waals surface area contributed by atoms with Crippen LogP contribution in [0.25, 0.3) is 0 Å². The summed E-state index contributed by atoms with van der Waals surface area (Å²) in [5.41, 5.74) is 0. The molecule has 2 aliphatic rings. The standard InChI is InChI=1S/C70H117NO13/c1-3-5-7-9-11-13-15-17-18-19-20-21-22-23-24-25-26-27-28-29-30-31-32-33-34-35-36-37-38-39-40-42-44-46-48-50-52-54-62(75)71-58(59(74)53-51-49-47-45-43-41-16-14-12-10-8-6-4-2)57-81-69-67(80)65(78)68(61(56-73)83-69)84-70-66(79)64(77)63(76)60(55-72)82-70/h5,7,11,13,17-18,20-21,23-24,26-27,29-30,32-33,35-36,38-39,58-61,63-70,72-74,76-80H,3-4,6,8-10,12,14-16,19,22,25,28,31,34,37,40-57H2,1-2H3,(H,71,75)/b7-5-,13-11-,18-17-,21-20-,24-23-,27-26-,30-29-,33-32-,36-35-,39-38-. The molecule has 0 aliphatic carbocycles. The maximum Gasteiger partial charge on any atom is 0.220 e. The zero-order chi connectivity index (χ0) is 60.9. The van der Waals surface area contributed by atoms with Crippen LogP contribution in [0.15, 0.2) is 122 Å². The third-order valence-electron chi connectivity index (χ3n) is 15.2. The molecule has 0 saturated carbocycles. The molecule has 2 heterocycles. The van der Waals surface area contributed by atoms with E-state index in [-0.39, 0.29) is 18.9 Å². The number of nitrogens with one attached hydrogen (secondary N) is 1. The molecule has 84 heavy (non-hydrogen) atoms. The molecule has 0 radical (unpaired) electrons. The molecule has 2 rings (SSSR count). The van der Waals surface area contributed by atoms with Gasteiger partial charge in [-0.2, -0.15) is 0 Å². The van der Waals surface area contributed by atoms with Crippen molar-refractivity contribution < 1.29 is 64.6 Å². The number of ether oxygens (including phenoxy) is 4. The highest BCUT2D eigenvalue weighted by molar-refractivity contribution is 5.76. The molecular weight excluding hydrogens is 1060 g/mol. The largest absolute Gasteiger partial charge is 0.394 e. The number of allylic oxidation sites excluding steroid dienone is 20. The first kappa shape index (κ1) is 76.5. The number of aliphatic hydroxyl groups is 8. The maximum atomic E-state index is 13.3. The van der Waals surface area contributed by atoms with Gasteiger partial charge in [0.1, 0.15) is 48.8 Å². The first-order valence-electron chi connectivity index (χ1n) is 32.8. The van der Waals surface area contributed by atoms with Crippen molar-refractivity contribution in [3.63, 3.8) is 0 Å². The second-order valence-corrected chi connectivity index (χ2v) is 22.5. The summed E-state index contributed by atoms with van der Waals surface area (Å²) < 4.78 is 22.8. The Morgan fingerprint density at radius 3 is 1.26 bits per heavy atom. The normalized spacial score (nSPS) is 24.5. The van der Waals surface area contributed by atoms with Crippen LogP contribution in [0.5, 0.6) is 0 Å². The Kier molecular flexibility index (Phi) is 48.8. The summed E-state index contributed by atoms with van der Waals surface area (Å²) in [5, 5.41) is 87.3. The summed E-state index contributed by atoms with van der Waals surface area (Å²) in [6, 6.07) is -0.845. The molecular formula is C70H117NO13. The van der Waals surface area contributed by atoms with Crippen LogP contribution in [0.4, 0.5) is 0 Å². The Bertz CT molecular complexity index is 1870. The Labute approximate surface area is 508 Å². The van der Waals surface area contributed by atoms with E-state index in [0.717, 1.165) is 128 Å². The highest BCUT2D eigenvalue weighted by atomic mass is 16.7. The van der Waals surface area contributed by atoms with E-state index in [1.807, 2.05) is 0 Å². The summed E-state index contributed by atoms with van der Waals surface area (Å²) >= 11 is 0. The topological polar surface area (TPSA) is 228 Å². The van der Waals surface area contributed by atoms with Crippen LogP contribution in [-0.2, 0) is 23.7 Å². The second kappa shape index (κ2) is 53.6. The van der Waals surface area contributed by atoms with Gasteiger partial charge in [0, 0.05) is 6.42 Å². The molecule has 2 saturated heterocycles. The lowest BCUT2D eigenvalue weighted by molar-refractivity contribution is -0.359. The van der Waals surface area contributed by atoms with E-state index in [0.29, 0.717) is 12.8 Å². The van der Waals surface area contributed by atoms with Gasteiger partial charge in [0.25, 0.3) is 0 Å². The summed E-state index contributed by atoms with van der Waals surface area (Å²) in [5.74, 6) is -0.227. The molecule has 14 heteroatoms. The van der Waals surface area contributed by atoms with Gasteiger partial charge in [-0.3, -0.25) is 4.79 Å². The van der Waals surface area contributed by atoms with Gasteiger partial charge in [0.2, 0.25) is 5.91 Å². The highest BCUT2D eigenvalue weighted by Crippen LogP contribution is 2.30. The highest BCUT2D eigenvalue weighted by Gasteiger charge is 2.51. The van der Waals surface area contributed by atoms with E-state index in [1.54, 1.807) is 0 Å². The van der Waals surface area contributed by atoms with E-state index in [2.05, 4.69) is 141 Å². The third kappa shape index (κ3) is 37.8. The monoisotopic (exact) mass is 1180 g/mol. The summed E-state index contributed by atoms with van der Waals surface area (Å²) in [7, 11) is 0. The Hall–Kier alpha value is -3.61. The maximum absolute atomic E-state index is 13.3. The minimum atomic E-state index is -1.79. The van der Waals surface area contributed by atoms with Gasteiger partial charge in [0.15, 0.2) is 12.6 Å². The lowest BCUT2D eigenvalue weighted by Gasteiger charge is -2.46. The summed E-state index contributed by atoms with van der Waals surface area (Å²) in [6.07, 6.45) is 60.6. The fourth-order valence-corrected chi connectivity index (χ4v) is 9.97. The number of rotatable bonds is 51. The fourth-order valence-electron chi connectivity index (χ4n) is 9.97. The molecule has 0 aromatic carbocycles. The van der Waals surface area contributed by atoms with E-state index in [9.17, 15) is 45.6 Å². The summed E-state index contributed by atoms with van der Waals surface area (Å²) in [6.45, 7) is 2.72. The van der Waals surface area contributed by atoms with Crippen LogP contribution in [-0.4, -0.2) is 140 Å². The summed E-state index contributed by atoms with van der Waals surface area (Å²) in [4.78, 5) is 13.3. The lowest BCUT2D eigenvalue weighted by Crippen LogP contribution is -2.65. The van der Waals surface area contributed by atoms with Crippen molar-refractivity contribution in [2.24, 2.45) is 0 Å². The number of carbonyl (C=O) groups excluding carboxylic acids is 1. The van der Waals surface area contributed by atoms with E-state index < -0.39 is 86.8 Å². The second-order valence-electron chi connectivity index (χ2n) is 22.5. The molecule has 0 aromatic rings. The number of hydrogen-bond acceptors (Lipinski definition) is 13. The zero-order valence-corrected chi connectivity index (χ0v) is 51.8. The number of unbranched alkanes of at least 4 members (excludes halogenated alkanes) is 18. The molecule has 480 valence electrons. The van der Waals surface area contributed by atoms with Crippen molar-refractivity contribution in [3.05, 3.63) is 122 Å². The van der Waals surface area contributed by atoms with Gasteiger partial charge in [-0.1, -0.05) is 245 Å². The Morgan fingerprint density at radius 2 is 0.821 bits per heavy atom. The van der Waals surface area contributed by atoms with Crippen molar-refractivity contribution in [3.8, 4) is 0 Å². The van der Waals surface area contributed by atoms with Gasteiger partial charge in [0.05, 0.1) is 32.0 Å². The predicted molar refractivity (Wildman–Crippen MR) is 341 cm³/mol. The molecule has 12 unspecified atom stereocenters. The zero-order valence-electron chi connectivity index (χ0n) is 51.8. The first-order chi connectivity index (χ1) is 41.1. The molecule has 0 spiro atoms. The number of aliphatic hydroxyl groups excluding tert-OH is 8. The third-order valence-corrected chi connectivity index (χ3v) is 15.2. The quantitative estimate of drug-likeness (QED) is 0.0204. The van der Waals surface area contributed by atoms with Crippen molar-refractivity contribution in [2.75, 3.05) is 19.8 Å². The van der Waals surface area contributed by atoms with Crippen LogP contribution < -0.4 is 5.32 Å². The molecule has 2 fully saturated rings. The van der Waals surface area contributed by atoms with Crippen molar-refractivity contribution in [1.29, 1.82) is 0 Å². The van der Waals surface area contributed by atoms with Gasteiger partial charge in [-0.25, -0.2) is 0 Å². The van der Waals surface area contributed by atoms with Gasteiger partial charge in [-0.15, -0.1) is 0 Å². The van der Waals surface area contributed by atoms with Crippen LogP contribution in [0.1, 0.15) is 219 Å². The molecule has 14 nitrogen and oxygen atoms in total. The molecule has 0 aromatic heterocycles. The molecule has 1 amide bonds. The van der Waals surface area contributed by atoms with E-state index >= 15 is 0 Å². The van der Waals surface area contributed by atoms with Crippen molar-refractivity contribution in [1.82, 2.24) is 5.32 Å². The number of hydrogen-bond donors (Lipinski definition) is 9.